The maximum Gasteiger partial charge on any atom is 0.127 e. The molecule has 0 aliphatic rings. The number of hydrogen-bond acceptors (Lipinski definition) is 4. The topological polar surface area (TPSA) is 54.8 Å². The zero-order valence-electron chi connectivity index (χ0n) is 10.8. The Morgan fingerprint density at radius 1 is 1.28 bits per heavy atom. The fourth-order valence-corrected chi connectivity index (χ4v) is 1.64. The molecule has 18 heavy (non-hydrogen) atoms. The average Bonchev–Trinajstić information content (AvgIpc) is 2.80. The molecule has 0 fully saturated rings. The molecular formula is C13H19N5. The molecule has 0 radical (unpaired) electrons. The van der Waals surface area contributed by atoms with E-state index in [0.29, 0.717) is 0 Å². The molecule has 96 valence electrons. The van der Waals surface area contributed by atoms with E-state index in [1.165, 1.54) is 0 Å². The van der Waals surface area contributed by atoms with Crippen molar-refractivity contribution in [1.29, 1.82) is 0 Å². The van der Waals surface area contributed by atoms with Crippen molar-refractivity contribution in [3.05, 3.63) is 36.3 Å². The molecule has 2 heterocycles. The van der Waals surface area contributed by atoms with Gasteiger partial charge in [-0.05, 0) is 18.6 Å². The van der Waals surface area contributed by atoms with Gasteiger partial charge in [0.15, 0.2) is 0 Å². The average molecular weight is 245 g/mol. The maximum absolute atomic E-state index is 4.32. The summed E-state index contributed by atoms with van der Waals surface area (Å²) < 4.78 is 1.80. The molecule has 5 heteroatoms. The van der Waals surface area contributed by atoms with Crippen LogP contribution in [0.5, 0.6) is 0 Å². The summed E-state index contributed by atoms with van der Waals surface area (Å²) in [7, 11) is 1.92. The smallest absolute Gasteiger partial charge is 0.127 e. The van der Waals surface area contributed by atoms with Crippen molar-refractivity contribution in [3.8, 4) is 0 Å². The Morgan fingerprint density at radius 2 is 2.17 bits per heavy atom. The molecule has 5 nitrogen and oxygen atoms in total. The minimum absolute atomic E-state index is 0.720. The Bertz CT molecular complexity index is 492. The van der Waals surface area contributed by atoms with Gasteiger partial charge in [-0.2, -0.15) is 5.10 Å². The molecule has 0 bridgehead atoms. The Morgan fingerprint density at radius 3 is 2.89 bits per heavy atom. The highest BCUT2D eigenvalue weighted by atomic mass is 15.3. The monoisotopic (exact) mass is 245 g/mol. The molecule has 2 aromatic heterocycles. The Kier molecular flexibility index (Phi) is 4.17. The predicted molar refractivity (Wildman–Crippen MR) is 73.6 cm³/mol. The van der Waals surface area contributed by atoms with Crippen LogP contribution in [-0.4, -0.2) is 21.3 Å². The van der Waals surface area contributed by atoms with E-state index in [4.69, 9.17) is 0 Å². The Labute approximate surface area is 107 Å². The normalized spacial score (nSPS) is 10.3. The summed E-state index contributed by atoms with van der Waals surface area (Å²) in [6.45, 7) is 3.80. The standard InChI is InChI=1S/C13H19N5/c1-3-6-14-13-9-11(4-7-15-13)16-10-12-5-8-18(2)17-12/h4-5,7-9H,3,6,10H2,1-2H3,(H2,14,15,16). The van der Waals surface area contributed by atoms with Crippen molar-refractivity contribution in [3.63, 3.8) is 0 Å². The molecule has 2 aromatic rings. The molecule has 0 atom stereocenters. The van der Waals surface area contributed by atoms with Crippen molar-refractivity contribution in [2.24, 2.45) is 7.05 Å². The summed E-state index contributed by atoms with van der Waals surface area (Å²) in [6.07, 6.45) is 4.84. The zero-order chi connectivity index (χ0) is 12.8. The van der Waals surface area contributed by atoms with E-state index in [1.807, 2.05) is 31.4 Å². The second kappa shape index (κ2) is 6.05. The van der Waals surface area contributed by atoms with E-state index in [9.17, 15) is 0 Å². The van der Waals surface area contributed by atoms with Crippen molar-refractivity contribution in [2.45, 2.75) is 19.9 Å². The predicted octanol–water partition coefficient (Wildman–Crippen LogP) is 2.25. The van der Waals surface area contributed by atoms with E-state index in [1.54, 1.807) is 10.9 Å². The van der Waals surface area contributed by atoms with E-state index in [-0.39, 0.29) is 0 Å². The van der Waals surface area contributed by atoms with Gasteiger partial charge < -0.3 is 10.6 Å². The highest BCUT2D eigenvalue weighted by molar-refractivity contribution is 5.51. The molecular weight excluding hydrogens is 226 g/mol. The van der Waals surface area contributed by atoms with Gasteiger partial charge in [0.1, 0.15) is 5.82 Å². The van der Waals surface area contributed by atoms with Crippen LogP contribution in [0.3, 0.4) is 0 Å². The van der Waals surface area contributed by atoms with Crippen LogP contribution in [0.4, 0.5) is 11.5 Å². The summed E-state index contributed by atoms with van der Waals surface area (Å²) in [6, 6.07) is 5.98. The van der Waals surface area contributed by atoms with Gasteiger partial charge in [-0.15, -0.1) is 0 Å². The second-order valence-electron chi connectivity index (χ2n) is 4.19. The van der Waals surface area contributed by atoms with Crippen LogP contribution in [0.2, 0.25) is 0 Å². The third-order valence-electron chi connectivity index (χ3n) is 2.56. The van der Waals surface area contributed by atoms with Gasteiger partial charge in [-0.25, -0.2) is 4.98 Å². The van der Waals surface area contributed by atoms with Crippen LogP contribution in [0.15, 0.2) is 30.6 Å². The van der Waals surface area contributed by atoms with Crippen molar-refractivity contribution in [2.75, 3.05) is 17.2 Å². The summed E-state index contributed by atoms with van der Waals surface area (Å²) in [4.78, 5) is 4.27. The molecule has 0 aromatic carbocycles. The number of nitrogens with zero attached hydrogens (tertiary/aromatic N) is 3. The van der Waals surface area contributed by atoms with Crippen LogP contribution in [0.25, 0.3) is 0 Å². The lowest BCUT2D eigenvalue weighted by Gasteiger charge is -2.07. The molecule has 0 saturated heterocycles. The first kappa shape index (κ1) is 12.4. The molecule has 0 unspecified atom stereocenters. The van der Waals surface area contributed by atoms with Crippen LogP contribution in [0.1, 0.15) is 19.0 Å². The molecule has 2 N–H and O–H groups in total. The van der Waals surface area contributed by atoms with Crippen LogP contribution in [-0.2, 0) is 13.6 Å². The summed E-state index contributed by atoms with van der Waals surface area (Å²) in [5, 5.41) is 10.9. The zero-order valence-corrected chi connectivity index (χ0v) is 10.8. The fraction of sp³-hybridized carbons (Fsp3) is 0.385. The number of nitrogens with one attached hydrogen (secondary N) is 2. The number of hydrogen-bond donors (Lipinski definition) is 2. The molecule has 2 rings (SSSR count). The number of rotatable bonds is 6. The van der Waals surface area contributed by atoms with Gasteiger partial charge in [0.25, 0.3) is 0 Å². The van der Waals surface area contributed by atoms with Crippen LogP contribution >= 0.6 is 0 Å². The lowest BCUT2D eigenvalue weighted by Crippen LogP contribution is -2.04. The lowest BCUT2D eigenvalue weighted by molar-refractivity contribution is 0.747. The fourth-order valence-electron chi connectivity index (χ4n) is 1.64. The lowest BCUT2D eigenvalue weighted by atomic mass is 10.3. The van der Waals surface area contributed by atoms with Crippen LogP contribution < -0.4 is 10.6 Å². The summed E-state index contributed by atoms with van der Waals surface area (Å²) >= 11 is 0. The van der Waals surface area contributed by atoms with E-state index < -0.39 is 0 Å². The van der Waals surface area contributed by atoms with Gasteiger partial charge in [0, 0.05) is 37.7 Å². The first-order valence-electron chi connectivity index (χ1n) is 6.20. The largest absolute Gasteiger partial charge is 0.379 e. The van der Waals surface area contributed by atoms with Gasteiger partial charge in [0.2, 0.25) is 0 Å². The van der Waals surface area contributed by atoms with Crippen LogP contribution in [0, 0.1) is 0 Å². The third kappa shape index (κ3) is 3.48. The summed E-state index contributed by atoms with van der Waals surface area (Å²) in [5.41, 5.74) is 2.08. The molecule has 0 aliphatic heterocycles. The second-order valence-corrected chi connectivity index (χ2v) is 4.19. The molecule has 0 spiro atoms. The van der Waals surface area contributed by atoms with Crippen molar-refractivity contribution in [1.82, 2.24) is 14.8 Å². The number of aryl methyl sites for hydroxylation is 1. The van der Waals surface area contributed by atoms with E-state index >= 15 is 0 Å². The Balaban J connectivity index is 1.92. The molecule has 0 saturated carbocycles. The minimum atomic E-state index is 0.720. The first-order chi connectivity index (χ1) is 8.78. The number of pyridine rings is 1. The van der Waals surface area contributed by atoms with Gasteiger partial charge in [-0.3, -0.25) is 4.68 Å². The van der Waals surface area contributed by atoms with E-state index in [2.05, 4.69) is 27.6 Å². The highest BCUT2D eigenvalue weighted by Crippen LogP contribution is 2.12. The number of anilines is 2. The number of aromatic nitrogens is 3. The highest BCUT2D eigenvalue weighted by Gasteiger charge is 1.99. The third-order valence-corrected chi connectivity index (χ3v) is 2.56. The van der Waals surface area contributed by atoms with Crippen molar-refractivity contribution >= 4 is 11.5 Å². The minimum Gasteiger partial charge on any atom is -0.379 e. The van der Waals surface area contributed by atoms with Crippen molar-refractivity contribution < 1.29 is 0 Å². The summed E-state index contributed by atoms with van der Waals surface area (Å²) in [5.74, 6) is 0.905. The quantitative estimate of drug-likeness (QED) is 0.819. The van der Waals surface area contributed by atoms with Gasteiger partial charge >= 0.3 is 0 Å². The molecule has 0 aliphatic carbocycles. The van der Waals surface area contributed by atoms with Gasteiger partial charge in [0.05, 0.1) is 12.2 Å². The SMILES string of the molecule is CCCNc1cc(NCc2ccn(C)n2)ccn1. The van der Waals surface area contributed by atoms with E-state index in [0.717, 1.165) is 36.7 Å². The first-order valence-corrected chi connectivity index (χ1v) is 6.20. The Hall–Kier alpha value is -2.04. The maximum atomic E-state index is 4.32. The molecule has 0 amide bonds. The van der Waals surface area contributed by atoms with Gasteiger partial charge in [-0.1, -0.05) is 6.92 Å².